The molecule has 0 saturated heterocycles. The van der Waals surface area contributed by atoms with Gasteiger partial charge in [-0.05, 0) is 48.8 Å². The van der Waals surface area contributed by atoms with Gasteiger partial charge in [-0.25, -0.2) is 0 Å². The Hall–Kier alpha value is -0.180. The van der Waals surface area contributed by atoms with E-state index >= 15 is 0 Å². The van der Waals surface area contributed by atoms with Crippen LogP contribution in [-0.2, 0) is 6.42 Å². The van der Waals surface area contributed by atoms with Crippen molar-refractivity contribution in [3.05, 3.63) is 34.3 Å². The summed E-state index contributed by atoms with van der Waals surface area (Å²) >= 11 is 8.02. The second-order valence-corrected chi connectivity index (χ2v) is 6.42. The molecule has 17 heavy (non-hydrogen) atoms. The summed E-state index contributed by atoms with van der Waals surface area (Å²) in [5, 5.41) is 4.59. The van der Waals surface area contributed by atoms with Crippen LogP contribution in [0, 0.1) is 0 Å². The maximum Gasteiger partial charge on any atom is 0.0408 e. The van der Waals surface area contributed by atoms with Gasteiger partial charge in [0.1, 0.15) is 0 Å². The normalized spacial score (nSPS) is 20.3. The van der Waals surface area contributed by atoms with Crippen LogP contribution in [0.25, 0.3) is 0 Å². The fourth-order valence-corrected chi connectivity index (χ4v) is 3.33. The molecule has 2 atom stereocenters. The van der Waals surface area contributed by atoms with Crippen molar-refractivity contribution < 1.29 is 0 Å². The standard InChI is InChI=1S/C14H20ClNS/c1-3-17-9-10(2)16-14-7-4-11-8-12(15)5-6-13(11)14/h5-6,8,10,14,16H,3-4,7,9H2,1-2H3. The number of benzene rings is 1. The van der Waals surface area contributed by atoms with Gasteiger partial charge in [0.05, 0.1) is 0 Å². The van der Waals surface area contributed by atoms with Gasteiger partial charge >= 0.3 is 0 Å². The summed E-state index contributed by atoms with van der Waals surface area (Å²) in [5.41, 5.74) is 2.87. The van der Waals surface area contributed by atoms with Crippen LogP contribution in [0.4, 0.5) is 0 Å². The number of hydrogen-bond donors (Lipinski definition) is 1. The number of rotatable bonds is 5. The Labute approximate surface area is 113 Å². The second kappa shape index (κ2) is 6.12. The van der Waals surface area contributed by atoms with E-state index in [1.807, 2.05) is 17.8 Å². The van der Waals surface area contributed by atoms with Gasteiger partial charge in [0.15, 0.2) is 0 Å². The minimum Gasteiger partial charge on any atom is -0.307 e. The van der Waals surface area contributed by atoms with Crippen LogP contribution in [-0.4, -0.2) is 17.5 Å². The van der Waals surface area contributed by atoms with Crippen LogP contribution in [0.2, 0.25) is 5.02 Å². The zero-order chi connectivity index (χ0) is 12.3. The highest BCUT2D eigenvalue weighted by Gasteiger charge is 2.23. The fourth-order valence-electron chi connectivity index (χ4n) is 2.45. The first-order chi connectivity index (χ1) is 8.20. The van der Waals surface area contributed by atoms with Gasteiger partial charge in [-0.1, -0.05) is 24.6 Å². The molecule has 1 aliphatic carbocycles. The molecule has 1 nitrogen and oxygen atoms in total. The third-order valence-corrected chi connectivity index (χ3v) is 4.62. The van der Waals surface area contributed by atoms with Gasteiger partial charge < -0.3 is 5.32 Å². The third-order valence-electron chi connectivity index (χ3n) is 3.24. The van der Waals surface area contributed by atoms with Crippen molar-refractivity contribution in [2.75, 3.05) is 11.5 Å². The smallest absolute Gasteiger partial charge is 0.0408 e. The van der Waals surface area contributed by atoms with Crippen molar-refractivity contribution in [3.8, 4) is 0 Å². The molecule has 0 fully saturated rings. The quantitative estimate of drug-likeness (QED) is 0.865. The molecule has 0 bridgehead atoms. The summed E-state index contributed by atoms with van der Waals surface area (Å²) < 4.78 is 0. The number of halogens is 1. The zero-order valence-corrected chi connectivity index (χ0v) is 12.1. The molecule has 2 rings (SSSR count). The minimum atomic E-state index is 0.523. The monoisotopic (exact) mass is 269 g/mol. The maximum absolute atomic E-state index is 6.02. The van der Waals surface area contributed by atoms with Crippen LogP contribution in [0.3, 0.4) is 0 Å². The lowest BCUT2D eigenvalue weighted by Crippen LogP contribution is -2.31. The Morgan fingerprint density at radius 2 is 2.35 bits per heavy atom. The SMILES string of the molecule is CCSCC(C)NC1CCc2cc(Cl)ccc21. The van der Waals surface area contributed by atoms with E-state index in [-0.39, 0.29) is 0 Å². The molecule has 0 radical (unpaired) electrons. The van der Waals surface area contributed by atoms with Crippen molar-refractivity contribution in [2.24, 2.45) is 0 Å². The fraction of sp³-hybridized carbons (Fsp3) is 0.571. The minimum absolute atomic E-state index is 0.523. The van der Waals surface area contributed by atoms with Crippen molar-refractivity contribution in [1.82, 2.24) is 5.32 Å². The zero-order valence-electron chi connectivity index (χ0n) is 10.5. The van der Waals surface area contributed by atoms with E-state index in [9.17, 15) is 0 Å². The molecule has 1 aromatic carbocycles. The predicted molar refractivity (Wildman–Crippen MR) is 78.1 cm³/mol. The highest BCUT2D eigenvalue weighted by molar-refractivity contribution is 7.99. The Kier molecular flexibility index (Phi) is 4.78. The van der Waals surface area contributed by atoms with E-state index in [4.69, 9.17) is 11.6 Å². The molecule has 0 aromatic heterocycles. The Balaban J connectivity index is 1.97. The van der Waals surface area contributed by atoms with Gasteiger partial charge in [-0.2, -0.15) is 11.8 Å². The van der Waals surface area contributed by atoms with E-state index in [1.54, 1.807) is 0 Å². The van der Waals surface area contributed by atoms with Crippen LogP contribution >= 0.6 is 23.4 Å². The Morgan fingerprint density at radius 1 is 1.53 bits per heavy atom. The summed E-state index contributed by atoms with van der Waals surface area (Å²) in [4.78, 5) is 0. The van der Waals surface area contributed by atoms with Gasteiger partial charge in [0.25, 0.3) is 0 Å². The molecule has 0 heterocycles. The molecule has 1 aromatic rings. The van der Waals surface area contributed by atoms with Crippen molar-refractivity contribution >= 4 is 23.4 Å². The summed E-state index contributed by atoms with van der Waals surface area (Å²) in [5.74, 6) is 2.39. The molecule has 1 aliphatic rings. The molecule has 2 unspecified atom stereocenters. The highest BCUT2D eigenvalue weighted by atomic mass is 35.5. The molecule has 0 saturated carbocycles. The van der Waals surface area contributed by atoms with E-state index in [1.165, 1.54) is 29.1 Å². The average Bonchev–Trinajstić information content (AvgIpc) is 2.69. The van der Waals surface area contributed by atoms with Crippen molar-refractivity contribution in [1.29, 1.82) is 0 Å². The molecule has 3 heteroatoms. The van der Waals surface area contributed by atoms with Crippen molar-refractivity contribution in [2.45, 2.75) is 38.8 Å². The topological polar surface area (TPSA) is 12.0 Å². The van der Waals surface area contributed by atoms with Crippen LogP contribution in [0.15, 0.2) is 18.2 Å². The van der Waals surface area contributed by atoms with Gasteiger partial charge in [-0.15, -0.1) is 0 Å². The summed E-state index contributed by atoms with van der Waals surface area (Å²) in [7, 11) is 0. The first-order valence-corrected chi connectivity index (χ1v) is 7.86. The number of nitrogens with one attached hydrogen (secondary N) is 1. The molecule has 1 N–H and O–H groups in total. The largest absolute Gasteiger partial charge is 0.307 e. The Morgan fingerprint density at radius 3 is 3.12 bits per heavy atom. The lowest BCUT2D eigenvalue weighted by molar-refractivity contribution is 0.479. The van der Waals surface area contributed by atoms with Gasteiger partial charge in [0.2, 0.25) is 0 Å². The van der Waals surface area contributed by atoms with E-state index in [2.05, 4.69) is 31.3 Å². The molecular weight excluding hydrogens is 250 g/mol. The molecule has 94 valence electrons. The number of hydrogen-bond acceptors (Lipinski definition) is 2. The Bertz CT molecular complexity index is 380. The lowest BCUT2D eigenvalue weighted by Gasteiger charge is -2.20. The van der Waals surface area contributed by atoms with Crippen LogP contribution < -0.4 is 5.32 Å². The number of aryl methyl sites for hydroxylation is 1. The van der Waals surface area contributed by atoms with Crippen LogP contribution in [0.5, 0.6) is 0 Å². The highest BCUT2D eigenvalue weighted by Crippen LogP contribution is 2.33. The summed E-state index contributed by atoms with van der Waals surface area (Å²) in [6.45, 7) is 4.49. The van der Waals surface area contributed by atoms with Crippen molar-refractivity contribution in [3.63, 3.8) is 0 Å². The van der Waals surface area contributed by atoms with E-state index < -0.39 is 0 Å². The molecule has 0 amide bonds. The van der Waals surface area contributed by atoms with E-state index in [0.717, 1.165) is 11.4 Å². The molecule has 0 spiro atoms. The van der Waals surface area contributed by atoms with Crippen LogP contribution in [0.1, 0.15) is 37.4 Å². The average molecular weight is 270 g/mol. The summed E-state index contributed by atoms with van der Waals surface area (Å²) in [6.07, 6.45) is 2.36. The van der Waals surface area contributed by atoms with Gasteiger partial charge in [0, 0.05) is 22.9 Å². The maximum atomic E-state index is 6.02. The molecular formula is C14H20ClNS. The number of fused-ring (bicyclic) bond motifs is 1. The number of thioether (sulfide) groups is 1. The first kappa shape index (κ1) is 13.3. The predicted octanol–water partition coefficient (Wildman–Crippen LogP) is 4.06. The third kappa shape index (κ3) is 3.40. The first-order valence-electron chi connectivity index (χ1n) is 6.32. The lowest BCUT2D eigenvalue weighted by atomic mass is 10.1. The summed E-state index contributed by atoms with van der Waals surface area (Å²) in [6, 6.07) is 7.40. The molecule has 0 aliphatic heterocycles. The second-order valence-electron chi connectivity index (χ2n) is 4.66. The van der Waals surface area contributed by atoms with E-state index in [0.29, 0.717) is 12.1 Å². The van der Waals surface area contributed by atoms with Gasteiger partial charge in [-0.3, -0.25) is 0 Å².